The van der Waals surface area contributed by atoms with Gasteiger partial charge in [0.1, 0.15) is 0 Å². The number of pyridine rings is 1. The van der Waals surface area contributed by atoms with Gasteiger partial charge in [-0.1, -0.05) is 12.1 Å². The lowest BCUT2D eigenvalue weighted by atomic mass is 10.1. The highest BCUT2D eigenvalue weighted by Gasteiger charge is 2.17. The van der Waals surface area contributed by atoms with Crippen molar-refractivity contribution >= 4 is 28.5 Å². The summed E-state index contributed by atoms with van der Waals surface area (Å²) in [6.07, 6.45) is 1.85. The number of anilines is 1. The quantitative estimate of drug-likeness (QED) is 0.737. The van der Waals surface area contributed by atoms with E-state index in [2.05, 4.69) is 15.4 Å². The first-order chi connectivity index (χ1) is 12.3. The fraction of sp³-hybridized carbons (Fsp3) is 0.263. The minimum atomic E-state index is -0.390. The van der Waals surface area contributed by atoms with Crippen LogP contribution in [0.15, 0.2) is 36.5 Å². The number of nitrogens with zero attached hydrogens (tertiary/aromatic N) is 3. The molecule has 0 aliphatic carbocycles. The van der Waals surface area contributed by atoms with Gasteiger partial charge in [-0.15, -0.1) is 0 Å². The molecule has 0 aliphatic rings. The SMILES string of the molecule is Cc1cc(C(=O)Nc2ccc(CC(N)=O)cc2)c2cnn(C(C)C)c2n1. The molecule has 0 saturated carbocycles. The van der Waals surface area contributed by atoms with Crippen molar-refractivity contribution in [2.24, 2.45) is 5.73 Å². The van der Waals surface area contributed by atoms with Gasteiger partial charge in [-0.05, 0) is 44.5 Å². The highest BCUT2D eigenvalue weighted by atomic mass is 16.2. The van der Waals surface area contributed by atoms with Gasteiger partial charge in [-0.3, -0.25) is 9.59 Å². The molecule has 3 rings (SSSR count). The molecule has 3 aromatic rings. The Morgan fingerprint density at radius 1 is 1.23 bits per heavy atom. The van der Waals surface area contributed by atoms with Crippen LogP contribution in [0.5, 0.6) is 0 Å². The zero-order valence-electron chi connectivity index (χ0n) is 15.0. The van der Waals surface area contributed by atoms with Crippen molar-refractivity contribution in [3.8, 4) is 0 Å². The normalized spacial score (nSPS) is 11.1. The fourth-order valence-corrected chi connectivity index (χ4v) is 2.81. The van der Waals surface area contributed by atoms with E-state index in [-0.39, 0.29) is 18.4 Å². The highest BCUT2D eigenvalue weighted by Crippen LogP contribution is 2.22. The van der Waals surface area contributed by atoms with Gasteiger partial charge in [0.25, 0.3) is 5.91 Å². The topological polar surface area (TPSA) is 103 Å². The van der Waals surface area contributed by atoms with Gasteiger partial charge in [-0.25, -0.2) is 9.67 Å². The first-order valence-electron chi connectivity index (χ1n) is 8.38. The van der Waals surface area contributed by atoms with Crippen molar-refractivity contribution in [2.75, 3.05) is 5.32 Å². The van der Waals surface area contributed by atoms with Crippen LogP contribution in [0.1, 0.15) is 41.5 Å². The number of aryl methyl sites for hydroxylation is 1. The molecule has 0 aliphatic heterocycles. The molecule has 3 N–H and O–H groups in total. The first kappa shape index (κ1) is 17.6. The van der Waals surface area contributed by atoms with Gasteiger partial charge in [0.2, 0.25) is 5.91 Å². The van der Waals surface area contributed by atoms with Crippen LogP contribution in [0, 0.1) is 6.92 Å². The van der Waals surface area contributed by atoms with Gasteiger partial charge in [0.05, 0.1) is 23.6 Å². The van der Waals surface area contributed by atoms with Crippen LogP contribution >= 0.6 is 0 Å². The smallest absolute Gasteiger partial charge is 0.256 e. The molecule has 0 saturated heterocycles. The largest absolute Gasteiger partial charge is 0.369 e. The zero-order valence-corrected chi connectivity index (χ0v) is 15.0. The summed E-state index contributed by atoms with van der Waals surface area (Å²) in [5, 5.41) is 7.95. The number of hydrogen-bond acceptors (Lipinski definition) is 4. The summed E-state index contributed by atoms with van der Waals surface area (Å²) < 4.78 is 1.80. The molecule has 0 atom stereocenters. The van der Waals surface area contributed by atoms with Crippen molar-refractivity contribution in [3.05, 3.63) is 53.3 Å². The number of carbonyl (C=O) groups is 2. The maximum Gasteiger partial charge on any atom is 0.256 e. The van der Waals surface area contributed by atoms with Crippen molar-refractivity contribution in [2.45, 2.75) is 33.2 Å². The van der Waals surface area contributed by atoms with Crippen LogP contribution in [-0.2, 0) is 11.2 Å². The van der Waals surface area contributed by atoms with Crippen molar-refractivity contribution in [1.82, 2.24) is 14.8 Å². The van der Waals surface area contributed by atoms with E-state index >= 15 is 0 Å². The predicted molar refractivity (Wildman–Crippen MR) is 99.9 cm³/mol. The summed E-state index contributed by atoms with van der Waals surface area (Å²) in [6, 6.07) is 8.94. The summed E-state index contributed by atoms with van der Waals surface area (Å²) in [5.74, 6) is -0.620. The molecule has 7 heteroatoms. The van der Waals surface area contributed by atoms with E-state index in [1.807, 2.05) is 20.8 Å². The Bertz CT molecular complexity index is 974. The molecule has 1 aromatic carbocycles. The Morgan fingerprint density at radius 3 is 2.54 bits per heavy atom. The van der Waals surface area contributed by atoms with Gasteiger partial charge in [-0.2, -0.15) is 5.10 Å². The second kappa shape index (κ2) is 6.95. The van der Waals surface area contributed by atoms with Crippen LogP contribution in [0.4, 0.5) is 5.69 Å². The number of aromatic nitrogens is 3. The Balaban J connectivity index is 1.89. The maximum absolute atomic E-state index is 12.8. The summed E-state index contributed by atoms with van der Waals surface area (Å²) in [5.41, 5.74) is 8.61. The second-order valence-electron chi connectivity index (χ2n) is 6.53. The van der Waals surface area contributed by atoms with Crippen LogP contribution in [0.25, 0.3) is 11.0 Å². The highest BCUT2D eigenvalue weighted by molar-refractivity contribution is 6.12. The number of primary amides is 1. The van der Waals surface area contributed by atoms with Crippen LogP contribution in [0.3, 0.4) is 0 Å². The monoisotopic (exact) mass is 351 g/mol. The molecule has 0 spiro atoms. The number of nitrogens with one attached hydrogen (secondary N) is 1. The van der Waals surface area contributed by atoms with Gasteiger partial charge in [0.15, 0.2) is 5.65 Å². The number of amides is 2. The molecule has 7 nitrogen and oxygen atoms in total. The molecule has 134 valence electrons. The van der Waals surface area contributed by atoms with E-state index < -0.39 is 5.91 Å². The lowest BCUT2D eigenvalue weighted by Gasteiger charge is -2.10. The predicted octanol–water partition coefficient (Wildman–Crippen LogP) is 2.60. The van der Waals surface area contributed by atoms with Crippen molar-refractivity contribution < 1.29 is 9.59 Å². The van der Waals surface area contributed by atoms with Crippen molar-refractivity contribution in [3.63, 3.8) is 0 Å². The summed E-state index contributed by atoms with van der Waals surface area (Å²) >= 11 is 0. The number of carbonyl (C=O) groups excluding carboxylic acids is 2. The lowest BCUT2D eigenvalue weighted by Crippen LogP contribution is -2.14. The third-order valence-electron chi connectivity index (χ3n) is 4.02. The van der Waals surface area contributed by atoms with Gasteiger partial charge >= 0.3 is 0 Å². The molecule has 2 amide bonds. The second-order valence-corrected chi connectivity index (χ2v) is 6.53. The number of hydrogen-bond donors (Lipinski definition) is 2. The third kappa shape index (κ3) is 3.56. The summed E-state index contributed by atoms with van der Waals surface area (Å²) in [7, 11) is 0. The Labute approximate surface area is 151 Å². The van der Waals surface area contributed by atoms with Crippen LogP contribution in [-0.4, -0.2) is 26.6 Å². The molecule has 0 fully saturated rings. The van der Waals surface area contributed by atoms with Gasteiger partial charge in [0, 0.05) is 17.4 Å². The van der Waals surface area contributed by atoms with Crippen molar-refractivity contribution in [1.29, 1.82) is 0 Å². The van der Waals surface area contributed by atoms with E-state index in [9.17, 15) is 9.59 Å². The number of fused-ring (bicyclic) bond motifs is 1. The number of nitrogens with two attached hydrogens (primary N) is 1. The van der Waals surface area contributed by atoms with Crippen LogP contribution < -0.4 is 11.1 Å². The molecule has 2 aromatic heterocycles. The van der Waals surface area contributed by atoms with E-state index in [0.717, 1.165) is 11.3 Å². The minimum Gasteiger partial charge on any atom is -0.369 e. The number of benzene rings is 1. The Morgan fingerprint density at radius 2 is 1.92 bits per heavy atom. The standard InChI is InChI=1S/C19H21N5O2/c1-11(2)24-18-16(10-21-24)15(8-12(3)22-18)19(26)23-14-6-4-13(5-7-14)9-17(20)25/h4-8,10-11H,9H2,1-3H3,(H2,20,25)(H,23,26). The van der Waals surface area contributed by atoms with E-state index in [0.29, 0.717) is 22.3 Å². The third-order valence-corrected chi connectivity index (χ3v) is 4.02. The average molecular weight is 351 g/mol. The molecular formula is C19H21N5O2. The van der Waals surface area contributed by atoms with Gasteiger partial charge < -0.3 is 11.1 Å². The Hall–Kier alpha value is -3.22. The van der Waals surface area contributed by atoms with E-state index in [1.54, 1.807) is 41.2 Å². The molecule has 2 heterocycles. The molecule has 0 unspecified atom stereocenters. The first-order valence-corrected chi connectivity index (χ1v) is 8.38. The molecule has 0 radical (unpaired) electrons. The minimum absolute atomic E-state index is 0.149. The fourth-order valence-electron chi connectivity index (χ4n) is 2.81. The molecular weight excluding hydrogens is 330 g/mol. The Kier molecular flexibility index (Phi) is 4.71. The summed E-state index contributed by atoms with van der Waals surface area (Å²) in [6.45, 7) is 5.89. The lowest BCUT2D eigenvalue weighted by molar-refractivity contribution is -0.117. The zero-order chi connectivity index (χ0) is 18.8. The van der Waals surface area contributed by atoms with E-state index in [1.165, 1.54) is 0 Å². The molecule has 26 heavy (non-hydrogen) atoms. The van der Waals surface area contributed by atoms with E-state index in [4.69, 9.17) is 5.73 Å². The molecule has 0 bridgehead atoms. The van der Waals surface area contributed by atoms with Crippen LogP contribution in [0.2, 0.25) is 0 Å². The summed E-state index contributed by atoms with van der Waals surface area (Å²) in [4.78, 5) is 28.3. The number of rotatable bonds is 5. The average Bonchev–Trinajstić information content (AvgIpc) is 2.99. The maximum atomic E-state index is 12.8.